The van der Waals surface area contributed by atoms with Gasteiger partial charge in [-0.3, -0.25) is 4.79 Å². The first-order valence-electron chi connectivity index (χ1n) is 8.53. The highest BCUT2D eigenvalue weighted by atomic mass is 32.1. The van der Waals surface area contributed by atoms with Gasteiger partial charge in [-0.25, -0.2) is 9.97 Å². The number of rotatable bonds is 3. The number of hydrogen-bond acceptors (Lipinski definition) is 5. The van der Waals surface area contributed by atoms with E-state index in [9.17, 15) is 4.79 Å². The number of likely N-dealkylation sites (tertiary alicyclic amines) is 1. The second kappa shape index (κ2) is 6.41. The Bertz CT molecular complexity index is 783. The molecule has 24 heavy (non-hydrogen) atoms. The summed E-state index contributed by atoms with van der Waals surface area (Å²) in [5.41, 5.74) is 1.99. The summed E-state index contributed by atoms with van der Waals surface area (Å²) in [6.45, 7) is 9.78. The highest BCUT2D eigenvalue weighted by molar-refractivity contribution is 7.20. The summed E-state index contributed by atoms with van der Waals surface area (Å²) < 4.78 is 0. The van der Waals surface area contributed by atoms with Crippen molar-refractivity contribution >= 4 is 27.5 Å². The van der Waals surface area contributed by atoms with Crippen molar-refractivity contribution < 1.29 is 4.79 Å². The van der Waals surface area contributed by atoms with E-state index in [1.54, 1.807) is 0 Å². The Balaban J connectivity index is 1.95. The lowest BCUT2D eigenvalue weighted by molar-refractivity contribution is 0.0785. The first kappa shape index (κ1) is 17.3. The van der Waals surface area contributed by atoms with Crippen LogP contribution >= 0.6 is 11.3 Å². The van der Waals surface area contributed by atoms with Crippen LogP contribution in [0.1, 0.15) is 40.1 Å². The number of aromatic nitrogens is 2. The van der Waals surface area contributed by atoms with Crippen LogP contribution in [0.15, 0.2) is 0 Å². The third-order valence-corrected chi connectivity index (χ3v) is 6.33. The molecule has 0 radical (unpaired) electrons. The van der Waals surface area contributed by atoms with E-state index >= 15 is 0 Å². The van der Waals surface area contributed by atoms with Crippen LogP contribution in [0.5, 0.6) is 0 Å². The summed E-state index contributed by atoms with van der Waals surface area (Å²) in [7, 11) is 4.21. The molecule has 130 valence electrons. The topological polar surface area (TPSA) is 49.3 Å². The van der Waals surface area contributed by atoms with E-state index in [0.29, 0.717) is 12.0 Å². The predicted octanol–water partition coefficient (Wildman–Crippen LogP) is 3.03. The maximum Gasteiger partial charge on any atom is 0.264 e. The Morgan fingerprint density at radius 2 is 1.96 bits per heavy atom. The van der Waals surface area contributed by atoms with Crippen molar-refractivity contribution in [2.24, 2.45) is 5.92 Å². The molecule has 0 aromatic carbocycles. The molecule has 0 N–H and O–H groups in total. The fourth-order valence-electron chi connectivity index (χ4n) is 3.83. The summed E-state index contributed by atoms with van der Waals surface area (Å²) in [6.07, 6.45) is 1.10. The van der Waals surface area contributed by atoms with E-state index in [0.717, 1.165) is 51.7 Å². The molecule has 5 nitrogen and oxygen atoms in total. The summed E-state index contributed by atoms with van der Waals surface area (Å²) >= 11 is 1.51. The zero-order chi connectivity index (χ0) is 17.6. The van der Waals surface area contributed by atoms with E-state index in [1.807, 2.05) is 25.7 Å². The fourth-order valence-corrected chi connectivity index (χ4v) is 5.07. The normalized spacial score (nSPS) is 21.2. The number of carbonyl (C=O) groups excluding carboxylic acids is 1. The molecule has 1 aliphatic heterocycles. The lowest BCUT2D eigenvalue weighted by atomic mass is 10.0. The van der Waals surface area contributed by atoms with Gasteiger partial charge in [0.25, 0.3) is 5.91 Å². The smallest absolute Gasteiger partial charge is 0.264 e. The van der Waals surface area contributed by atoms with Gasteiger partial charge in [0.2, 0.25) is 0 Å². The Labute approximate surface area is 147 Å². The minimum Gasteiger partial charge on any atom is -0.336 e. The Kier molecular flexibility index (Phi) is 4.62. The maximum absolute atomic E-state index is 13.1. The lowest BCUT2D eigenvalue weighted by Crippen LogP contribution is -2.36. The van der Waals surface area contributed by atoms with Crippen molar-refractivity contribution in [1.82, 2.24) is 19.8 Å². The van der Waals surface area contributed by atoms with Crippen molar-refractivity contribution in [2.45, 2.75) is 40.2 Å². The van der Waals surface area contributed by atoms with Gasteiger partial charge in [0, 0.05) is 30.2 Å². The first-order valence-corrected chi connectivity index (χ1v) is 9.35. The molecular formula is C18H26N4OS. The van der Waals surface area contributed by atoms with Crippen LogP contribution in [0.2, 0.25) is 0 Å². The van der Waals surface area contributed by atoms with Crippen molar-refractivity contribution in [1.29, 1.82) is 0 Å². The fraction of sp³-hybridized carbons (Fsp3) is 0.611. The zero-order valence-electron chi connectivity index (χ0n) is 15.4. The molecule has 0 bridgehead atoms. The van der Waals surface area contributed by atoms with Gasteiger partial charge in [0.1, 0.15) is 10.7 Å². The van der Waals surface area contributed by atoms with Gasteiger partial charge >= 0.3 is 0 Å². The monoisotopic (exact) mass is 346 g/mol. The van der Waals surface area contributed by atoms with Gasteiger partial charge < -0.3 is 9.80 Å². The molecule has 1 saturated heterocycles. The molecule has 0 spiro atoms. The van der Waals surface area contributed by atoms with Crippen LogP contribution in [0, 0.1) is 26.7 Å². The second-order valence-electron chi connectivity index (χ2n) is 7.00. The minimum atomic E-state index is 0.148. The number of fused-ring (bicyclic) bond motifs is 1. The van der Waals surface area contributed by atoms with Gasteiger partial charge in [-0.05, 0) is 46.3 Å². The zero-order valence-corrected chi connectivity index (χ0v) is 16.2. The molecule has 3 rings (SSSR count). The van der Waals surface area contributed by atoms with Crippen LogP contribution < -0.4 is 0 Å². The van der Waals surface area contributed by atoms with Crippen LogP contribution in [0.25, 0.3) is 10.2 Å². The third-order valence-electron chi connectivity index (χ3n) is 5.16. The number of aryl methyl sites for hydroxylation is 3. The third kappa shape index (κ3) is 2.82. The molecule has 3 heterocycles. The Morgan fingerprint density at radius 3 is 2.54 bits per heavy atom. The molecule has 6 heteroatoms. The average Bonchev–Trinajstić information content (AvgIpc) is 3.08. The van der Waals surface area contributed by atoms with Crippen molar-refractivity contribution in [3.63, 3.8) is 0 Å². The number of thiophene rings is 1. The highest BCUT2D eigenvalue weighted by Gasteiger charge is 2.36. The van der Waals surface area contributed by atoms with Crippen LogP contribution in [-0.2, 0) is 0 Å². The molecule has 2 atom stereocenters. The molecule has 2 aromatic rings. The van der Waals surface area contributed by atoms with E-state index in [1.165, 1.54) is 11.3 Å². The highest BCUT2D eigenvalue weighted by Crippen LogP contribution is 2.33. The largest absolute Gasteiger partial charge is 0.336 e. The van der Waals surface area contributed by atoms with Gasteiger partial charge in [-0.2, -0.15) is 0 Å². The molecule has 0 saturated carbocycles. The standard InChI is InChI=1S/C18H26N4OS/c1-7-13-8-22(9-14(13)21(5)6)18(23)16-10(2)15-11(3)19-12(4)20-17(15)24-16/h13-14H,7-9H2,1-6H3/t13-,14+/m1/s1. The van der Waals surface area contributed by atoms with Gasteiger partial charge in [-0.15, -0.1) is 11.3 Å². The Morgan fingerprint density at radius 1 is 1.25 bits per heavy atom. The average molecular weight is 347 g/mol. The van der Waals surface area contributed by atoms with Crippen LogP contribution in [-0.4, -0.2) is 58.9 Å². The molecule has 0 aliphatic carbocycles. The van der Waals surface area contributed by atoms with E-state index < -0.39 is 0 Å². The maximum atomic E-state index is 13.1. The summed E-state index contributed by atoms with van der Waals surface area (Å²) in [5.74, 6) is 1.46. The quantitative estimate of drug-likeness (QED) is 0.857. The number of carbonyl (C=O) groups is 1. The van der Waals surface area contributed by atoms with Crippen molar-refractivity contribution in [2.75, 3.05) is 27.2 Å². The van der Waals surface area contributed by atoms with Gasteiger partial charge in [0.15, 0.2) is 0 Å². The number of hydrogen-bond donors (Lipinski definition) is 0. The minimum absolute atomic E-state index is 0.148. The summed E-state index contributed by atoms with van der Waals surface area (Å²) in [5, 5.41) is 1.05. The van der Waals surface area contributed by atoms with Crippen molar-refractivity contribution in [3.05, 3.63) is 22.0 Å². The van der Waals surface area contributed by atoms with Crippen molar-refractivity contribution in [3.8, 4) is 0 Å². The molecular weight excluding hydrogens is 320 g/mol. The van der Waals surface area contributed by atoms with Gasteiger partial charge in [0.05, 0.1) is 4.88 Å². The number of nitrogens with zero attached hydrogens (tertiary/aromatic N) is 4. The van der Waals surface area contributed by atoms with Crippen LogP contribution in [0.4, 0.5) is 0 Å². The summed E-state index contributed by atoms with van der Waals surface area (Å²) in [4.78, 5) is 28.1. The molecule has 1 amide bonds. The van der Waals surface area contributed by atoms with Gasteiger partial charge in [-0.1, -0.05) is 13.3 Å². The van der Waals surface area contributed by atoms with Crippen LogP contribution in [0.3, 0.4) is 0 Å². The molecule has 1 aliphatic rings. The predicted molar refractivity (Wildman–Crippen MR) is 98.8 cm³/mol. The molecule has 0 unspecified atom stereocenters. The first-order chi connectivity index (χ1) is 11.3. The van der Waals surface area contributed by atoms with E-state index in [4.69, 9.17) is 0 Å². The van der Waals surface area contributed by atoms with E-state index in [-0.39, 0.29) is 5.91 Å². The second-order valence-corrected chi connectivity index (χ2v) is 8.00. The SMILES string of the molecule is CC[C@@H]1CN(C(=O)c2sc3nc(C)nc(C)c3c2C)C[C@@H]1N(C)C. The number of likely N-dealkylation sites (N-methyl/N-ethyl adjacent to an activating group) is 1. The molecule has 2 aromatic heterocycles. The lowest BCUT2D eigenvalue weighted by Gasteiger charge is -2.23. The molecule has 1 fully saturated rings. The van der Waals surface area contributed by atoms with E-state index in [2.05, 4.69) is 35.9 Å². The summed E-state index contributed by atoms with van der Waals surface area (Å²) in [6, 6.07) is 0.442. The Hall–Kier alpha value is -1.53. The number of amides is 1.